The topological polar surface area (TPSA) is 64.7 Å². The van der Waals surface area contributed by atoms with Crippen LogP contribution in [0, 0.1) is 20.8 Å². The van der Waals surface area contributed by atoms with E-state index >= 15 is 0 Å². The third kappa shape index (κ3) is 5.01. The molecule has 0 radical (unpaired) electrons. The molecule has 0 unspecified atom stereocenters. The van der Waals surface area contributed by atoms with Crippen LogP contribution in [0.4, 0.5) is 0 Å². The van der Waals surface area contributed by atoms with Gasteiger partial charge in [-0.05, 0) is 44.4 Å². The number of aromatic nitrogens is 4. The van der Waals surface area contributed by atoms with Crippen molar-refractivity contribution >= 4 is 17.7 Å². The van der Waals surface area contributed by atoms with Gasteiger partial charge in [0.1, 0.15) is 5.82 Å². The summed E-state index contributed by atoms with van der Waals surface area (Å²) in [6.07, 6.45) is 8.35. The number of nitrogens with zero attached hydrogens (tertiary/aromatic N) is 4. The molecule has 0 aliphatic carbocycles. The first-order valence-electron chi connectivity index (χ1n) is 9.03. The van der Waals surface area contributed by atoms with Crippen LogP contribution in [0.15, 0.2) is 48.1 Å². The van der Waals surface area contributed by atoms with E-state index in [0.717, 1.165) is 29.6 Å². The van der Waals surface area contributed by atoms with Crippen LogP contribution < -0.4 is 5.32 Å². The molecule has 0 bridgehead atoms. The third-order valence-corrected chi connectivity index (χ3v) is 5.35. The fourth-order valence-electron chi connectivity index (χ4n) is 2.86. The molecule has 3 rings (SSSR count). The molecule has 1 amide bonds. The third-order valence-electron chi connectivity index (χ3n) is 4.38. The second kappa shape index (κ2) is 8.90. The number of nitrogens with one attached hydrogen (secondary N) is 1. The summed E-state index contributed by atoms with van der Waals surface area (Å²) in [6, 6.07) is 6.34. The molecule has 0 aliphatic rings. The van der Waals surface area contributed by atoms with Crippen LogP contribution >= 0.6 is 11.8 Å². The van der Waals surface area contributed by atoms with Crippen molar-refractivity contribution in [3.05, 3.63) is 59.9 Å². The van der Waals surface area contributed by atoms with E-state index in [1.54, 1.807) is 12.4 Å². The number of carbonyl (C=O) groups is 1. The molecule has 7 heteroatoms. The number of thioether (sulfide) groups is 1. The number of imidazole rings is 2. The fraction of sp³-hybridized carbons (Fsp3) is 0.350. The second-order valence-corrected chi connectivity index (χ2v) is 7.47. The van der Waals surface area contributed by atoms with Gasteiger partial charge in [0, 0.05) is 37.9 Å². The molecular formula is C20H25N5OS. The minimum atomic E-state index is 0.0258. The minimum absolute atomic E-state index is 0.0258. The molecule has 0 atom stereocenters. The largest absolute Gasteiger partial charge is 0.355 e. The van der Waals surface area contributed by atoms with Crippen molar-refractivity contribution in [2.24, 2.45) is 0 Å². The van der Waals surface area contributed by atoms with Gasteiger partial charge in [-0.25, -0.2) is 9.97 Å². The smallest absolute Gasteiger partial charge is 0.230 e. The number of hydrogen-bond donors (Lipinski definition) is 1. The van der Waals surface area contributed by atoms with Crippen LogP contribution in [0.5, 0.6) is 0 Å². The molecule has 1 N–H and O–H groups in total. The Morgan fingerprint density at radius 1 is 1.15 bits per heavy atom. The SMILES string of the molecule is Cc1ccc(C)c(-n2ccnc2SCC(=O)NCCCn2ccnc2C)c1. The Morgan fingerprint density at radius 3 is 2.74 bits per heavy atom. The normalized spacial score (nSPS) is 10.9. The molecule has 0 saturated carbocycles. The van der Waals surface area contributed by atoms with Gasteiger partial charge < -0.3 is 9.88 Å². The van der Waals surface area contributed by atoms with Crippen molar-refractivity contribution in [1.82, 2.24) is 24.4 Å². The number of amides is 1. The summed E-state index contributed by atoms with van der Waals surface area (Å²) in [5, 5.41) is 3.80. The lowest BCUT2D eigenvalue weighted by Crippen LogP contribution is -2.27. The quantitative estimate of drug-likeness (QED) is 0.479. The van der Waals surface area contributed by atoms with E-state index in [4.69, 9.17) is 0 Å². The van der Waals surface area contributed by atoms with E-state index in [0.29, 0.717) is 12.3 Å². The molecule has 0 fully saturated rings. The first-order chi connectivity index (χ1) is 13.0. The summed E-state index contributed by atoms with van der Waals surface area (Å²) in [7, 11) is 0. The number of rotatable bonds is 8. The Morgan fingerprint density at radius 2 is 1.96 bits per heavy atom. The van der Waals surface area contributed by atoms with E-state index in [9.17, 15) is 4.79 Å². The van der Waals surface area contributed by atoms with E-state index in [-0.39, 0.29) is 5.91 Å². The molecule has 142 valence electrons. The number of benzene rings is 1. The highest BCUT2D eigenvalue weighted by atomic mass is 32.2. The van der Waals surface area contributed by atoms with Gasteiger partial charge in [0.2, 0.25) is 5.91 Å². The Bertz CT molecular complexity index is 915. The molecule has 3 aromatic rings. The lowest BCUT2D eigenvalue weighted by atomic mass is 10.1. The van der Waals surface area contributed by atoms with E-state index in [2.05, 4.69) is 51.9 Å². The molecule has 6 nitrogen and oxygen atoms in total. The van der Waals surface area contributed by atoms with Gasteiger partial charge in [-0.3, -0.25) is 9.36 Å². The zero-order chi connectivity index (χ0) is 19.2. The lowest BCUT2D eigenvalue weighted by molar-refractivity contribution is -0.118. The first-order valence-corrected chi connectivity index (χ1v) is 10.0. The second-order valence-electron chi connectivity index (χ2n) is 6.53. The minimum Gasteiger partial charge on any atom is -0.355 e. The highest BCUT2D eigenvalue weighted by Crippen LogP contribution is 2.23. The summed E-state index contributed by atoms with van der Waals surface area (Å²) < 4.78 is 4.13. The maximum absolute atomic E-state index is 12.1. The van der Waals surface area contributed by atoms with Gasteiger partial charge in [-0.15, -0.1) is 0 Å². The Kier molecular flexibility index (Phi) is 6.34. The molecule has 0 saturated heterocycles. The lowest BCUT2D eigenvalue weighted by Gasteiger charge is -2.11. The van der Waals surface area contributed by atoms with Crippen molar-refractivity contribution in [3.63, 3.8) is 0 Å². The summed E-state index contributed by atoms with van der Waals surface area (Å²) >= 11 is 1.45. The monoisotopic (exact) mass is 383 g/mol. The number of hydrogen-bond acceptors (Lipinski definition) is 4. The van der Waals surface area contributed by atoms with Crippen LogP contribution in [0.1, 0.15) is 23.4 Å². The van der Waals surface area contributed by atoms with Crippen molar-refractivity contribution in [1.29, 1.82) is 0 Å². The average Bonchev–Trinajstić information content (AvgIpc) is 3.28. The summed E-state index contributed by atoms with van der Waals surface area (Å²) in [4.78, 5) is 20.8. The fourth-order valence-corrected chi connectivity index (χ4v) is 3.65. The Hall–Kier alpha value is -2.54. The standard InChI is InChI=1S/C20H25N5OS/c1-15-5-6-16(2)18(13-15)25-12-9-23-20(25)27-14-19(26)22-7-4-10-24-11-8-21-17(24)3/h5-6,8-9,11-13H,4,7,10,14H2,1-3H3,(H,22,26). The highest BCUT2D eigenvalue weighted by molar-refractivity contribution is 7.99. The zero-order valence-corrected chi connectivity index (χ0v) is 16.8. The van der Waals surface area contributed by atoms with Gasteiger partial charge in [0.15, 0.2) is 5.16 Å². The maximum atomic E-state index is 12.1. The van der Waals surface area contributed by atoms with Crippen molar-refractivity contribution in [2.45, 2.75) is 38.9 Å². The Balaban J connectivity index is 1.49. The molecule has 2 heterocycles. The van der Waals surface area contributed by atoms with Crippen LogP contribution in [-0.4, -0.2) is 37.3 Å². The molecule has 0 aliphatic heterocycles. The molecular weight excluding hydrogens is 358 g/mol. The molecule has 0 spiro atoms. The van der Waals surface area contributed by atoms with Crippen LogP contribution in [0.3, 0.4) is 0 Å². The van der Waals surface area contributed by atoms with Gasteiger partial charge in [-0.1, -0.05) is 23.9 Å². The zero-order valence-electron chi connectivity index (χ0n) is 16.0. The Labute approximate surface area is 164 Å². The summed E-state index contributed by atoms with van der Waals surface area (Å²) in [5.41, 5.74) is 3.48. The van der Waals surface area contributed by atoms with Gasteiger partial charge in [0.25, 0.3) is 0 Å². The summed E-state index contributed by atoms with van der Waals surface area (Å²) in [5.74, 6) is 1.37. The van der Waals surface area contributed by atoms with Crippen LogP contribution in [0.2, 0.25) is 0 Å². The van der Waals surface area contributed by atoms with Crippen LogP contribution in [0.25, 0.3) is 5.69 Å². The number of carbonyl (C=O) groups excluding carboxylic acids is 1. The van der Waals surface area contributed by atoms with Crippen molar-refractivity contribution in [2.75, 3.05) is 12.3 Å². The average molecular weight is 384 g/mol. The maximum Gasteiger partial charge on any atom is 0.230 e. The molecule has 27 heavy (non-hydrogen) atoms. The van der Waals surface area contributed by atoms with E-state index < -0.39 is 0 Å². The van der Waals surface area contributed by atoms with Gasteiger partial charge in [0.05, 0.1) is 11.4 Å². The van der Waals surface area contributed by atoms with E-state index in [1.807, 2.05) is 23.9 Å². The predicted molar refractivity (Wildman–Crippen MR) is 108 cm³/mol. The van der Waals surface area contributed by atoms with Gasteiger partial charge >= 0.3 is 0 Å². The summed E-state index contributed by atoms with van der Waals surface area (Å²) in [6.45, 7) is 7.65. The predicted octanol–water partition coefficient (Wildman–Crippen LogP) is 3.29. The van der Waals surface area contributed by atoms with Crippen molar-refractivity contribution < 1.29 is 4.79 Å². The van der Waals surface area contributed by atoms with Crippen molar-refractivity contribution in [3.8, 4) is 5.69 Å². The number of aryl methyl sites for hydroxylation is 4. The first kappa shape index (κ1) is 19.2. The van der Waals surface area contributed by atoms with Crippen LogP contribution in [-0.2, 0) is 11.3 Å². The van der Waals surface area contributed by atoms with Gasteiger partial charge in [-0.2, -0.15) is 0 Å². The highest BCUT2D eigenvalue weighted by Gasteiger charge is 2.10. The molecule has 1 aromatic carbocycles. The molecule has 2 aromatic heterocycles. The van der Waals surface area contributed by atoms with E-state index in [1.165, 1.54) is 22.9 Å².